The Morgan fingerprint density at radius 2 is 2.00 bits per heavy atom. The van der Waals surface area contributed by atoms with Crippen molar-refractivity contribution in [3.63, 3.8) is 0 Å². The third kappa shape index (κ3) is 2.91. The fourth-order valence-corrected chi connectivity index (χ4v) is 1.64. The number of hydrogen-bond acceptors (Lipinski definition) is 4. The van der Waals surface area contributed by atoms with Crippen LogP contribution >= 0.6 is 0 Å². The van der Waals surface area contributed by atoms with E-state index in [1.807, 2.05) is 36.4 Å². The first-order valence-corrected chi connectivity index (χ1v) is 5.69. The molecular formula is C14H16N2O2. The van der Waals surface area contributed by atoms with Gasteiger partial charge in [-0.2, -0.15) is 0 Å². The lowest BCUT2D eigenvalue weighted by Gasteiger charge is -2.12. The second kappa shape index (κ2) is 5.91. The molecule has 94 valence electrons. The second-order valence-corrected chi connectivity index (χ2v) is 3.74. The molecule has 0 unspecified atom stereocenters. The van der Waals surface area contributed by atoms with Gasteiger partial charge in [0.15, 0.2) is 0 Å². The number of benzene rings is 1. The van der Waals surface area contributed by atoms with E-state index in [0.29, 0.717) is 6.54 Å². The van der Waals surface area contributed by atoms with Crippen LogP contribution in [0.15, 0.2) is 42.6 Å². The van der Waals surface area contributed by atoms with Gasteiger partial charge in [0.25, 0.3) is 0 Å². The Labute approximate surface area is 107 Å². The average Bonchev–Trinajstić information content (AvgIpc) is 2.45. The lowest BCUT2D eigenvalue weighted by molar-refractivity contribution is 0.404. The summed E-state index contributed by atoms with van der Waals surface area (Å²) in [6.45, 7) is 0.643. The molecule has 0 aliphatic rings. The third-order valence-corrected chi connectivity index (χ3v) is 2.59. The van der Waals surface area contributed by atoms with Crippen molar-refractivity contribution >= 4 is 5.69 Å². The van der Waals surface area contributed by atoms with E-state index in [9.17, 15) is 0 Å². The Hall–Kier alpha value is -2.23. The van der Waals surface area contributed by atoms with Crippen molar-refractivity contribution in [2.45, 2.75) is 6.54 Å². The van der Waals surface area contributed by atoms with Crippen molar-refractivity contribution in [3.05, 3.63) is 48.3 Å². The van der Waals surface area contributed by atoms with Crippen LogP contribution in [0.2, 0.25) is 0 Å². The van der Waals surface area contributed by atoms with Crippen LogP contribution in [0.1, 0.15) is 5.69 Å². The summed E-state index contributed by atoms with van der Waals surface area (Å²) in [5.74, 6) is 1.58. The van der Waals surface area contributed by atoms with E-state index in [0.717, 1.165) is 22.9 Å². The van der Waals surface area contributed by atoms with Gasteiger partial charge in [0, 0.05) is 12.3 Å². The summed E-state index contributed by atoms with van der Waals surface area (Å²) in [4.78, 5) is 4.26. The number of aromatic nitrogens is 1. The first kappa shape index (κ1) is 12.2. The van der Waals surface area contributed by atoms with Crippen molar-refractivity contribution in [2.75, 3.05) is 19.5 Å². The van der Waals surface area contributed by atoms with Gasteiger partial charge in [-0.15, -0.1) is 0 Å². The molecule has 0 saturated carbocycles. The van der Waals surface area contributed by atoms with Gasteiger partial charge < -0.3 is 14.8 Å². The standard InChI is InChI=1S/C14H16N2O2/c1-17-12-6-7-14(18-2)13(9-12)16-10-11-5-3-4-8-15-11/h3-9,16H,10H2,1-2H3. The molecular weight excluding hydrogens is 228 g/mol. The van der Waals surface area contributed by atoms with Crippen molar-refractivity contribution in [1.82, 2.24) is 4.98 Å². The van der Waals surface area contributed by atoms with Crippen LogP contribution in [0.25, 0.3) is 0 Å². The largest absolute Gasteiger partial charge is 0.497 e. The normalized spacial score (nSPS) is 9.89. The molecule has 1 heterocycles. The Morgan fingerprint density at radius 1 is 1.11 bits per heavy atom. The number of nitrogens with zero attached hydrogens (tertiary/aromatic N) is 1. The van der Waals surface area contributed by atoms with Crippen LogP contribution in [0.4, 0.5) is 5.69 Å². The van der Waals surface area contributed by atoms with E-state index in [4.69, 9.17) is 9.47 Å². The predicted molar refractivity (Wildman–Crippen MR) is 71.1 cm³/mol. The van der Waals surface area contributed by atoms with Crippen LogP contribution in [0.5, 0.6) is 11.5 Å². The van der Waals surface area contributed by atoms with Crippen molar-refractivity contribution < 1.29 is 9.47 Å². The lowest BCUT2D eigenvalue weighted by atomic mass is 10.2. The summed E-state index contributed by atoms with van der Waals surface area (Å²) >= 11 is 0. The summed E-state index contributed by atoms with van der Waals surface area (Å²) in [6.07, 6.45) is 1.78. The van der Waals surface area contributed by atoms with E-state index in [-0.39, 0.29) is 0 Å². The number of nitrogens with one attached hydrogen (secondary N) is 1. The maximum absolute atomic E-state index is 5.29. The van der Waals surface area contributed by atoms with E-state index in [1.54, 1.807) is 20.4 Å². The molecule has 0 saturated heterocycles. The second-order valence-electron chi connectivity index (χ2n) is 3.74. The molecule has 2 aromatic rings. The number of rotatable bonds is 5. The highest BCUT2D eigenvalue weighted by molar-refractivity contribution is 5.59. The van der Waals surface area contributed by atoms with E-state index in [1.165, 1.54) is 0 Å². The maximum atomic E-state index is 5.29. The lowest BCUT2D eigenvalue weighted by Crippen LogP contribution is -2.03. The van der Waals surface area contributed by atoms with Gasteiger partial charge in [-0.1, -0.05) is 6.07 Å². The predicted octanol–water partition coefficient (Wildman–Crippen LogP) is 2.71. The van der Waals surface area contributed by atoms with Crippen LogP contribution < -0.4 is 14.8 Å². The minimum Gasteiger partial charge on any atom is -0.497 e. The quantitative estimate of drug-likeness (QED) is 0.878. The zero-order valence-corrected chi connectivity index (χ0v) is 10.5. The Bertz CT molecular complexity index is 500. The first-order valence-electron chi connectivity index (χ1n) is 5.69. The highest BCUT2D eigenvalue weighted by atomic mass is 16.5. The van der Waals surface area contributed by atoms with Gasteiger partial charge in [0.1, 0.15) is 11.5 Å². The number of ether oxygens (including phenoxy) is 2. The third-order valence-electron chi connectivity index (χ3n) is 2.59. The van der Waals surface area contributed by atoms with Gasteiger partial charge in [-0.05, 0) is 24.3 Å². The molecule has 1 aromatic carbocycles. The zero-order chi connectivity index (χ0) is 12.8. The van der Waals surface area contributed by atoms with Gasteiger partial charge in [-0.3, -0.25) is 4.98 Å². The van der Waals surface area contributed by atoms with Crippen LogP contribution in [-0.4, -0.2) is 19.2 Å². The molecule has 4 heteroatoms. The smallest absolute Gasteiger partial charge is 0.142 e. The van der Waals surface area contributed by atoms with E-state index in [2.05, 4.69) is 10.3 Å². The SMILES string of the molecule is COc1ccc(OC)c(NCc2ccccn2)c1. The van der Waals surface area contributed by atoms with Crippen molar-refractivity contribution in [3.8, 4) is 11.5 Å². The minimum absolute atomic E-state index is 0.643. The molecule has 0 aliphatic carbocycles. The molecule has 18 heavy (non-hydrogen) atoms. The van der Waals surface area contributed by atoms with Gasteiger partial charge in [-0.25, -0.2) is 0 Å². The molecule has 4 nitrogen and oxygen atoms in total. The maximum Gasteiger partial charge on any atom is 0.142 e. The van der Waals surface area contributed by atoms with Crippen LogP contribution in [-0.2, 0) is 6.54 Å². The minimum atomic E-state index is 0.643. The zero-order valence-electron chi connectivity index (χ0n) is 10.5. The fraction of sp³-hybridized carbons (Fsp3) is 0.214. The summed E-state index contributed by atoms with van der Waals surface area (Å²) in [5.41, 5.74) is 1.87. The average molecular weight is 244 g/mol. The molecule has 0 bridgehead atoms. The Kier molecular flexibility index (Phi) is 4.02. The highest BCUT2D eigenvalue weighted by Crippen LogP contribution is 2.29. The van der Waals surface area contributed by atoms with Crippen LogP contribution in [0, 0.1) is 0 Å². The molecule has 0 fully saturated rings. The molecule has 1 N–H and O–H groups in total. The summed E-state index contributed by atoms with van der Waals surface area (Å²) in [5, 5.41) is 3.29. The molecule has 0 aliphatic heterocycles. The number of hydrogen-bond donors (Lipinski definition) is 1. The number of pyridine rings is 1. The fourth-order valence-electron chi connectivity index (χ4n) is 1.64. The Balaban J connectivity index is 2.12. The Morgan fingerprint density at radius 3 is 2.67 bits per heavy atom. The monoisotopic (exact) mass is 244 g/mol. The van der Waals surface area contributed by atoms with Gasteiger partial charge in [0.05, 0.1) is 32.1 Å². The molecule has 0 amide bonds. The highest BCUT2D eigenvalue weighted by Gasteiger charge is 2.04. The van der Waals surface area contributed by atoms with Crippen LogP contribution in [0.3, 0.4) is 0 Å². The summed E-state index contributed by atoms with van der Waals surface area (Å²) in [6, 6.07) is 11.5. The van der Waals surface area contributed by atoms with Crippen molar-refractivity contribution in [1.29, 1.82) is 0 Å². The number of methoxy groups -OCH3 is 2. The molecule has 2 rings (SSSR count). The van der Waals surface area contributed by atoms with Gasteiger partial charge >= 0.3 is 0 Å². The topological polar surface area (TPSA) is 43.4 Å². The summed E-state index contributed by atoms with van der Waals surface area (Å²) < 4.78 is 10.5. The van der Waals surface area contributed by atoms with E-state index < -0.39 is 0 Å². The first-order chi connectivity index (χ1) is 8.83. The van der Waals surface area contributed by atoms with Crippen molar-refractivity contribution in [2.24, 2.45) is 0 Å². The number of anilines is 1. The van der Waals surface area contributed by atoms with E-state index >= 15 is 0 Å². The molecule has 0 spiro atoms. The molecule has 1 aromatic heterocycles. The molecule has 0 atom stereocenters. The molecule has 0 radical (unpaired) electrons. The summed E-state index contributed by atoms with van der Waals surface area (Å²) in [7, 11) is 3.29. The van der Waals surface area contributed by atoms with Gasteiger partial charge in [0.2, 0.25) is 0 Å².